The van der Waals surface area contributed by atoms with Crippen LogP contribution in [0.1, 0.15) is 13.8 Å². The van der Waals surface area contributed by atoms with E-state index in [0.717, 1.165) is 11.5 Å². The van der Waals surface area contributed by atoms with Crippen molar-refractivity contribution < 1.29 is 4.79 Å². The molecule has 56 valence electrons. The highest BCUT2D eigenvalue weighted by Crippen LogP contribution is 2.03. The van der Waals surface area contributed by atoms with Crippen molar-refractivity contribution in [3.05, 3.63) is 6.33 Å². The predicted octanol–water partition coefficient (Wildman–Crippen LogP) is 1.13. The van der Waals surface area contributed by atoms with E-state index >= 15 is 0 Å². The summed E-state index contributed by atoms with van der Waals surface area (Å²) in [6.45, 7) is 4.00. The van der Waals surface area contributed by atoms with Crippen LogP contribution < -0.4 is 5.32 Å². The zero-order valence-electron chi connectivity index (χ0n) is 5.87. The second kappa shape index (κ2) is 6.15. The van der Waals surface area contributed by atoms with E-state index < -0.39 is 0 Å². The summed E-state index contributed by atoms with van der Waals surface area (Å²) in [5.74, 6) is 0. The molecule has 0 atom stereocenters. The molecule has 1 rings (SSSR count). The van der Waals surface area contributed by atoms with Gasteiger partial charge in [-0.25, -0.2) is 4.98 Å². The Morgan fingerprint density at radius 3 is 2.80 bits per heavy atom. The van der Waals surface area contributed by atoms with Gasteiger partial charge in [0.2, 0.25) is 11.5 Å². The largest absolute Gasteiger partial charge is 0.303 e. The van der Waals surface area contributed by atoms with Crippen LogP contribution in [0.15, 0.2) is 6.33 Å². The van der Waals surface area contributed by atoms with Crippen molar-refractivity contribution >= 4 is 23.1 Å². The Balaban J connectivity index is 0.000000371. The summed E-state index contributed by atoms with van der Waals surface area (Å²) in [4.78, 5) is 13.4. The zero-order valence-corrected chi connectivity index (χ0v) is 6.68. The Morgan fingerprint density at radius 2 is 2.40 bits per heavy atom. The first-order valence-corrected chi connectivity index (χ1v) is 3.67. The molecule has 1 N–H and O–H groups in total. The maximum Gasteiger partial charge on any atom is 0.213 e. The van der Waals surface area contributed by atoms with Gasteiger partial charge in [-0.05, 0) is 0 Å². The van der Waals surface area contributed by atoms with Gasteiger partial charge in [0.1, 0.15) is 6.33 Å². The third-order valence-corrected chi connectivity index (χ3v) is 1.14. The molecule has 0 aromatic carbocycles. The molecule has 1 aromatic rings. The van der Waals surface area contributed by atoms with Crippen molar-refractivity contribution in [3.8, 4) is 0 Å². The Bertz CT molecular complexity index is 163. The summed E-state index contributed by atoms with van der Waals surface area (Å²) in [6.07, 6.45) is 1.96. The Labute approximate surface area is 63.5 Å². The summed E-state index contributed by atoms with van der Waals surface area (Å²) in [5.41, 5.74) is 0. The number of carbonyl (C=O) groups is 1. The lowest BCUT2D eigenvalue weighted by Gasteiger charge is -1.81. The van der Waals surface area contributed by atoms with Gasteiger partial charge in [0.15, 0.2) is 0 Å². The smallest absolute Gasteiger partial charge is 0.213 e. The van der Waals surface area contributed by atoms with Gasteiger partial charge < -0.3 is 5.32 Å². The minimum absolute atomic E-state index is 0.528. The number of anilines is 1. The molecule has 5 heteroatoms. The average Bonchev–Trinajstić information content (AvgIpc) is 2.46. The molecule has 0 spiro atoms. The van der Waals surface area contributed by atoms with Crippen LogP contribution in [0.4, 0.5) is 5.13 Å². The van der Waals surface area contributed by atoms with E-state index in [1.54, 1.807) is 0 Å². The first-order chi connectivity index (χ1) is 4.93. The molecule has 0 radical (unpaired) electrons. The topological polar surface area (TPSA) is 54.9 Å². The van der Waals surface area contributed by atoms with Gasteiger partial charge >= 0.3 is 0 Å². The maximum atomic E-state index is 9.70. The quantitative estimate of drug-likeness (QED) is 0.658. The molecule has 10 heavy (non-hydrogen) atoms. The molecule has 0 saturated heterocycles. The first-order valence-electron chi connectivity index (χ1n) is 2.90. The van der Waals surface area contributed by atoms with Crippen LogP contribution in [0.3, 0.4) is 0 Å². The number of hydrogen-bond donors (Lipinski definition) is 1. The van der Waals surface area contributed by atoms with Crippen LogP contribution in [0.2, 0.25) is 0 Å². The van der Waals surface area contributed by atoms with Gasteiger partial charge in [0.05, 0.1) is 0 Å². The number of nitrogens with zero attached hydrogens (tertiary/aromatic N) is 2. The number of rotatable bonds is 2. The third-order valence-electron chi connectivity index (χ3n) is 0.544. The predicted molar refractivity (Wildman–Crippen MR) is 40.9 cm³/mol. The van der Waals surface area contributed by atoms with Crippen molar-refractivity contribution in [3.63, 3.8) is 0 Å². The Morgan fingerprint density at radius 1 is 1.70 bits per heavy atom. The SMILES string of the molecule is CC.O=CNc1ncns1. The monoisotopic (exact) mass is 159 g/mol. The highest BCUT2D eigenvalue weighted by atomic mass is 32.1. The Kier molecular flexibility index (Phi) is 5.56. The average molecular weight is 159 g/mol. The standard InChI is InChI=1S/C3H3N3OS.C2H6/c7-2-5-3-4-1-6-8-3;1-2/h1-2H,(H,4,5,6,7);1-2H3. The number of amides is 1. The van der Waals surface area contributed by atoms with Gasteiger partial charge in [0, 0.05) is 11.5 Å². The fraction of sp³-hybridized carbons (Fsp3) is 0.400. The third kappa shape index (κ3) is 3.13. The van der Waals surface area contributed by atoms with Crippen molar-refractivity contribution in [2.75, 3.05) is 5.32 Å². The normalized spacial score (nSPS) is 7.40. The molecule has 0 bridgehead atoms. The lowest BCUT2D eigenvalue weighted by molar-refractivity contribution is -0.105. The summed E-state index contributed by atoms with van der Waals surface area (Å²) in [7, 11) is 0. The van der Waals surface area contributed by atoms with Crippen LogP contribution >= 0.6 is 11.5 Å². The molecular weight excluding hydrogens is 150 g/mol. The molecule has 0 aliphatic carbocycles. The minimum Gasteiger partial charge on any atom is -0.303 e. The molecule has 0 fully saturated rings. The van der Waals surface area contributed by atoms with Crippen molar-refractivity contribution in [2.45, 2.75) is 13.8 Å². The van der Waals surface area contributed by atoms with Gasteiger partial charge in [-0.15, -0.1) is 0 Å². The van der Waals surface area contributed by atoms with Crippen LogP contribution in [0, 0.1) is 0 Å². The van der Waals surface area contributed by atoms with Crippen molar-refractivity contribution in [2.24, 2.45) is 0 Å². The zero-order chi connectivity index (χ0) is 7.82. The molecule has 1 aromatic heterocycles. The van der Waals surface area contributed by atoms with Crippen molar-refractivity contribution in [1.82, 2.24) is 9.36 Å². The first kappa shape index (κ1) is 9.03. The van der Waals surface area contributed by atoms with E-state index in [2.05, 4.69) is 14.7 Å². The fourth-order valence-corrected chi connectivity index (χ4v) is 0.676. The van der Waals surface area contributed by atoms with E-state index in [9.17, 15) is 4.79 Å². The number of hydrogen-bond acceptors (Lipinski definition) is 4. The fourth-order valence-electron chi connectivity index (χ4n) is 0.287. The number of aromatic nitrogens is 2. The van der Waals surface area contributed by atoms with Crippen LogP contribution in [0.25, 0.3) is 0 Å². The van der Waals surface area contributed by atoms with E-state index in [1.165, 1.54) is 6.33 Å². The van der Waals surface area contributed by atoms with E-state index in [4.69, 9.17) is 0 Å². The summed E-state index contributed by atoms with van der Waals surface area (Å²) in [6, 6.07) is 0. The highest BCUT2D eigenvalue weighted by Gasteiger charge is 1.88. The van der Waals surface area contributed by atoms with E-state index in [1.807, 2.05) is 13.8 Å². The molecule has 0 unspecified atom stereocenters. The molecule has 0 aliphatic heterocycles. The van der Waals surface area contributed by atoms with Gasteiger partial charge in [0.25, 0.3) is 0 Å². The van der Waals surface area contributed by atoms with Gasteiger partial charge in [-0.3, -0.25) is 4.79 Å². The molecule has 4 nitrogen and oxygen atoms in total. The molecule has 0 saturated carbocycles. The summed E-state index contributed by atoms with van der Waals surface area (Å²) in [5, 5.41) is 2.88. The van der Waals surface area contributed by atoms with Gasteiger partial charge in [-0.1, -0.05) is 13.8 Å². The highest BCUT2D eigenvalue weighted by molar-refractivity contribution is 7.09. The van der Waals surface area contributed by atoms with E-state index in [0.29, 0.717) is 11.5 Å². The molecule has 1 amide bonds. The number of nitrogens with one attached hydrogen (secondary N) is 1. The summed E-state index contributed by atoms with van der Waals surface area (Å²) < 4.78 is 3.65. The molecule has 1 heterocycles. The lowest BCUT2D eigenvalue weighted by Crippen LogP contribution is -1.90. The lowest BCUT2D eigenvalue weighted by atomic mass is 11.0. The molecule has 0 aliphatic rings. The second-order valence-corrected chi connectivity index (χ2v) is 1.79. The maximum absolute atomic E-state index is 9.70. The van der Waals surface area contributed by atoms with Crippen molar-refractivity contribution in [1.29, 1.82) is 0 Å². The number of carbonyl (C=O) groups excluding carboxylic acids is 1. The second-order valence-electron chi connectivity index (χ2n) is 1.01. The minimum atomic E-state index is 0.528. The molecular formula is C5H9N3OS. The summed E-state index contributed by atoms with van der Waals surface area (Å²) >= 11 is 1.14. The Hall–Kier alpha value is -0.970. The van der Waals surface area contributed by atoms with Crippen LogP contribution in [-0.2, 0) is 4.79 Å². The van der Waals surface area contributed by atoms with Crippen LogP contribution in [-0.4, -0.2) is 15.8 Å². The van der Waals surface area contributed by atoms with E-state index in [-0.39, 0.29) is 0 Å². The van der Waals surface area contributed by atoms with Crippen LogP contribution in [0.5, 0.6) is 0 Å². The van der Waals surface area contributed by atoms with Gasteiger partial charge in [-0.2, -0.15) is 4.37 Å².